The van der Waals surface area contributed by atoms with Crippen LogP contribution in [0.15, 0.2) is 24.3 Å². The van der Waals surface area contributed by atoms with Crippen LogP contribution in [-0.2, 0) is 13.0 Å². The molecule has 0 saturated heterocycles. The number of carboxylic acid groups (broad SMARTS) is 1. The molecule has 0 spiro atoms. The minimum absolute atomic E-state index is 0.219. The second-order valence-electron chi connectivity index (χ2n) is 5.50. The summed E-state index contributed by atoms with van der Waals surface area (Å²) in [6, 6.07) is 8.59. The van der Waals surface area contributed by atoms with Crippen LogP contribution in [0, 0.1) is 11.3 Å². The fraction of sp³-hybridized carbons (Fsp3) is 0.294. The van der Waals surface area contributed by atoms with E-state index in [9.17, 15) is 10.1 Å². The van der Waals surface area contributed by atoms with Crippen LogP contribution >= 0.6 is 0 Å². The van der Waals surface area contributed by atoms with Gasteiger partial charge in [-0.3, -0.25) is 0 Å². The third-order valence-corrected chi connectivity index (χ3v) is 3.94. The Kier molecular flexibility index (Phi) is 4.20. The molecule has 0 unspecified atom stereocenters. The highest BCUT2D eigenvalue weighted by Gasteiger charge is 2.17. The predicted molar refractivity (Wildman–Crippen MR) is 84.5 cm³/mol. The molecule has 1 aliphatic heterocycles. The number of carboxylic acids is 1. The van der Waals surface area contributed by atoms with Gasteiger partial charge in [-0.2, -0.15) is 5.26 Å². The Morgan fingerprint density at radius 1 is 1.22 bits per heavy atom. The quantitative estimate of drug-likeness (QED) is 0.880. The molecule has 0 saturated carbocycles. The van der Waals surface area contributed by atoms with E-state index in [-0.39, 0.29) is 5.56 Å². The molecule has 6 heteroatoms. The molecular weight excluding hydrogens is 292 g/mol. The number of aromatic carboxylic acids is 1. The topological polar surface area (TPSA) is 91.8 Å². The van der Waals surface area contributed by atoms with Crippen molar-refractivity contribution in [1.82, 2.24) is 14.8 Å². The number of aromatic nitrogens is 3. The predicted octanol–water partition coefficient (Wildman–Crippen LogP) is 2.77. The zero-order valence-corrected chi connectivity index (χ0v) is 12.6. The van der Waals surface area contributed by atoms with Crippen molar-refractivity contribution in [2.75, 3.05) is 0 Å². The molecular formula is C17H16N4O2. The Morgan fingerprint density at radius 2 is 2.00 bits per heavy atom. The van der Waals surface area contributed by atoms with Gasteiger partial charge < -0.3 is 9.67 Å². The number of fused-ring (bicyclic) bond motifs is 1. The van der Waals surface area contributed by atoms with Gasteiger partial charge in [-0.15, -0.1) is 10.2 Å². The lowest BCUT2D eigenvalue weighted by Crippen LogP contribution is -2.05. The highest BCUT2D eigenvalue weighted by molar-refractivity contribution is 5.90. The molecule has 116 valence electrons. The summed E-state index contributed by atoms with van der Waals surface area (Å²) in [7, 11) is 0. The number of rotatable bonds is 3. The van der Waals surface area contributed by atoms with Crippen molar-refractivity contribution in [2.24, 2.45) is 0 Å². The van der Waals surface area contributed by atoms with Gasteiger partial charge in [0, 0.05) is 13.0 Å². The number of nitriles is 1. The van der Waals surface area contributed by atoms with Gasteiger partial charge in [-0.05, 0) is 36.6 Å². The SMILES string of the molecule is N#C/C(=C/c1ccc(C(=O)O)cc1)c1nnc2n1CCCCC2. The summed E-state index contributed by atoms with van der Waals surface area (Å²) < 4.78 is 2.02. The van der Waals surface area contributed by atoms with E-state index >= 15 is 0 Å². The summed E-state index contributed by atoms with van der Waals surface area (Å²) in [6.45, 7) is 0.828. The van der Waals surface area contributed by atoms with Gasteiger partial charge >= 0.3 is 5.97 Å². The lowest BCUT2D eigenvalue weighted by molar-refractivity contribution is 0.0697. The number of allylic oxidation sites excluding steroid dienone is 1. The van der Waals surface area contributed by atoms with Crippen LogP contribution in [0.25, 0.3) is 11.6 Å². The van der Waals surface area contributed by atoms with Gasteiger partial charge in [-0.25, -0.2) is 4.79 Å². The van der Waals surface area contributed by atoms with E-state index in [2.05, 4.69) is 16.3 Å². The van der Waals surface area contributed by atoms with E-state index < -0.39 is 5.97 Å². The minimum atomic E-state index is -0.969. The zero-order valence-electron chi connectivity index (χ0n) is 12.6. The molecule has 0 radical (unpaired) electrons. The molecule has 2 aromatic rings. The van der Waals surface area contributed by atoms with E-state index in [1.54, 1.807) is 18.2 Å². The van der Waals surface area contributed by atoms with Crippen LogP contribution in [0.1, 0.15) is 46.8 Å². The first-order valence-corrected chi connectivity index (χ1v) is 7.56. The number of hydrogen-bond acceptors (Lipinski definition) is 4. The number of aryl methyl sites for hydroxylation is 1. The largest absolute Gasteiger partial charge is 0.478 e. The van der Waals surface area contributed by atoms with Crippen molar-refractivity contribution in [1.29, 1.82) is 5.26 Å². The number of nitrogens with zero attached hydrogens (tertiary/aromatic N) is 4. The van der Waals surface area contributed by atoms with Crippen LogP contribution in [-0.4, -0.2) is 25.8 Å². The summed E-state index contributed by atoms with van der Waals surface area (Å²) in [5.74, 6) is 0.551. The first-order chi connectivity index (χ1) is 11.2. The van der Waals surface area contributed by atoms with Crippen molar-refractivity contribution in [3.05, 3.63) is 47.0 Å². The highest BCUT2D eigenvalue weighted by atomic mass is 16.4. The van der Waals surface area contributed by atoms with Crippen LogP contribution in [0.2, 0.25) is 0 Å². The standard InChI is InChI=1S/C17H16N4O2/c18-11-14(10-12-5-7-13(8-6-12)17(22)23)16-20-19-15-4-2-1-3-9-21(15)16/h5-8,10H,1-4,9H2,(H,22,23)/b14-10-. The summed E-state index contributed by atoms with van der Waals surface area (Å²) in [4.78, 5) is 10.9. The second kappa shape index (κ2) is 6.44. The Labute approximate surface area is 133 Å². The van der Waals surface area contributed by atoms with Gasteiger partial charge in [0.15, 0.2) is 5.82 Å². The fourth-order valence-electron chi connectivity index (χ4n) is 2.72. The molecule has 1 aromatic heterocycles. The molecule has 0 amide bonds. The zero-order chi connectivity index (χ0) is 16.2. The molecule has 0 fully saturated rings. The number of benzene rings is 1. The van der Waals surface area contributed by atoms with E-state index in [1.165, 1.54) is 12.1 Å². The molecule has 0 atom stereocenters. The summed E-state index contributed by atoms with van der Waals surface area (Å²) in [6.07, 6.45) is 5.92. The normalized spacial score (nSPS) is 14.7. The van der Waals surface area contributed by atoms with Crippen LogP contribution in [0.3, 0.4) is 0 Å². The van der Waals surface area contributed by atoms with Gasteiger partial charge in [-0.1, -0.05) is 18.6 Å². The Hall–Kier alpha value is -2.94. The minimum Gasteiger partial charge on any atom is -0.478 e. The van der Waals surface area contributed by atoms with Crippen molar-refractivity contribution >= 4 is 17.6 Å². The monoisotopic (exact) mass is 308 g/mol. The lowest BCUT2D eigenvalue weighted by atomic mass is 10.1. The fourth-order valence-corrected chi connectivity index (χ4v) is 2.72. The third-order valence-electron chi connectivity index (χ3n) is 3.94. The van der Waals surface area contributed by atoms with Crippen LogP contribution in [0.4, 0.5) is 0 Å². The van der Waals surface area contributed by atoms with E-state index in [0.717, 1.165) is 43.6 Å². The van der Waals surface area contributed by atoms with Crippen molar-refractivity contribution in [3.8, 4) is 6.07 Å². The Morgan fingerprint density at radius 3 is 2.70 bits per heavy atom. The van der Waals surface area contributed by atoms with Crippen molar-refractivity contribution in [3.63, 3.8) is 0 Å². The van der Waals surface area contributed by atoms with Gasteiger partial charge in [0.05, 0.1) is 11.1 Å². The average Bonchev–Trinajstić information content (AvgIpc) is 2.81. The molecule has 1 aromatic carbocycles. The first-order valence-electron chi connectivity index (χ1n) is 7.56. The van der Waals surface area contributed by atoms with Gasteiger partial charge in [0.2, 0.25) is 0 Å². The Bertz CT molecular complexity index is 797. The summed E-state index contributed by atoms with van der Waals surface area (Å²) in [5.41, 5.74) is 1.42. The molecule has 6 nitrogen and oxygen atoms in total. The number of hydrogen-bond donors (Lipinski definition) is 1. The van der Waals surface area contributed by atoms with E-state index in [4.69, 9.17) is 5.11 Å². The maximum Gasteiger partial charge on any atom is 0.335 e. The van der Waals surface area contributed by atoms with Gasteiger partial charge in [0.1, 0.15) is 11.9 Å². The maximum absolute atomic E-state index is 10.9. The van der Waals surface area contributed by atoms with Crippen LogP contribution < -0.4 is 0 Å². The van der Waals surface area contributed by atoms with Crippen molar-refractivity contribution in [2.45, 2.75) is 32.2 Å². The van der Waals surface area contributed by atoms with Gasteiger partial charge in [0.25, 0.3) is 0 Å². The molecule has 1 N–H and O–H groups in total. The summed E-state index contributed by atoms with van der Waals surface area (Å²) in [5, 5.41) is 26.8. The molecule has 1 aliphatic rings. The average molecular weight is 308 g/mol. The molecule has 23 heavy (non-hydrogen) atoms. The number of carbonyl (C=O) groups is 1. The highest BCUT2D eigenvalue weighted by Crippen LogP contribution is 2.21. The van der Waals surface area contributed by atoms with E-state index in [1.807, 2.05) is 4.57 Å². The van der Waals surface area contributed by atoms with Crippen LogP contribution in [0.5, 0.6) is 0 Å². The maximum atomic E-state index is 10.9. The summed E-state index contributed by atoms with van der Waals surface area (Å²) >= 11 is 0. The molecule has 2 heterocycles. The third kappa shape index (κ3) is 3.14. The Balaban J connectivity index is 1.95. The van der Waals surface area contributed by atoms with E-state index in [0.29, 0.717) is 11.4 Å². The first kappa shape index (κ1) is 15.0. The van der Waals surface area contributed by atoms with Crippen molar-refractivity contribution < 1.29 is 9.90 Å². The molecule has 3 rings (SSSR count). The molecule has 0 aliphatic carbocycles. The lowest BCUT2D eigenvalue weighted by Gasteiger charge is -2.06. The second-order valence-corrected chi connectivity index (χ2v) is 5.50. The smallest absolute Gasteiger partial charge is 0.335 e. The molecule has 0 bridgehead atoms.